The maximum absolute atomic E-state index is 12.3. The number of carbonyl (C=O) groups is 1. The van der Waals surface area contributed by atoms with Gasteiger partial charge in [-0.05, 0) is 66.7 Å². The molecule has 8 heteroatoms. The highest BCUT2D eigenvalue weighted by molar-refractivity contribution is 8.18. The van der Waals surface area contributed by atoms with Gasteiger partial charge in [-0.2, -0.15) is 0 Å². The highest BCUT2D eigenvalue weighted by Crippen LogP contribution is 2.34. The fourth-order valence-corrected chi connectivity index (χ4v) is 4.02. The number of furan rings is 1. The number of hydrogen-bond acceptors (Lipinski definition) is 4. The Morgan fingerprint density at radius 2 is 1.86 bits per heavy atom. The van der Waals surface area contributed by atoms with Gasteiger partial charge in [0, 0.05) is 21.7 Å². The molecule has 2 aromatic carbocycles. The number of rotatable bonds is 3. The first-order valence-corrected chi connectivity index (χ1v) is 10.4. The van der Waals surface area contributed by atoms with Crippen molar-refractivity contribution in [3.8, 4) is 11.3 Å². The van der Waals surface area contributed by atoms with Crippen LogP contribution in [0.1, 0.15) is 11.3 Å². The number of aryl methyl sites for hydroxylation is 1. The summed E-state index contributed by atoms with van der Waals surface area (Å²) in [5.74, 6) is 0.843. The Kier molecular flexibility index (Phi) is 5.74. The number of nitrogens with one attached hydrogen (secondary N) is 1. The predicted molar refractivity (Wildman–Crippen MR) is 121 cm³/mol. The van der Waals surface area contributed by atoms with Gasteiger partial charge in [0.1, 0.15) is 11.5 Å². The number of hydrogen-bond donors (Lipinski definition) is 1. The third kappa shape index (κ3) is 4.54. The number of nitrogens with zero attached hydrogens (tertiary/aromatic N) is 1. The normalized spacial score (nSPS) is 16.6. The summed E-state index contributed by atoms with van der Waals surface area (Å²) in [5, 5.41) is 4.94. The minimum Gasteiger partial charge on any atom is -0.457 e. The molecule has 0 radical (unpaired) electrons. The second-order valence-corrected chi connectivity index (χ2v) is 8.52. The Morgan fingerprint density at radius 3 is 2.66 bits per heavy atom. The summed E-state index contributed by atoms with van der Waals surface area (Å²) in [5.41, 5.74) is 2.32. The van der Waals surface area contributed by atoms with Crippen LogP contribution in [-0.2, 0) is 4.79 Å². The SMILES string of the molecule is Cc1ccc(N=C2NC(=O)/C(=C/c3ccc(-c4cc(Cl)ccc4Cl)o3)S2)cc1Cl. The fraction of sp³-hybridized carbons (Fsp3) is 0.0476. The first-order chi connectivity index (χ1) is 13.9. The summed E-state index contributed by atoms with van der Waals surface area (Å²) in [6.07, 6.45) is 1.66. The zero-order valence-corrected chi connectivity index (χ0v) is 18.1. The van der Waals surface area contributed by atoms with Gasteiger partial charge in [0.05, 0.1) is 15.6 Å². The Bertz CT molecular complexity index is 1180. The van der Waals surface area contributed by atoms with E-state index in [2.05, 4.69) is 10.3 Å². The minimum absolute atomic E-state index is 0.245. The molecular formula is C21H13Cl3N2O2S. The molecule has 4 rings (SSSR count). The van der Waals surface area contributed by atoms with E-state index in [1.807, 2.05) is 19.1 Å². The molecular weight excluding hydrogens is 451 g/mol. The van der Waals surface area contributed by atoms with Gasteiger partial charge < -0.3 is 9.73 Å². The van der Waals surface area contributed by atoms with Crippen molar-refractivity contribution in [2.75, 3.05) is 0 Å². The predicted octanol–water partition coefficient (Wildman–Crippen LogP) is 7.11. The Morgan fingerprint density at radius 1 is 1.03 bits per heavy atom. The van der Waals surface area contributed by atoms with Crippen LogP contribution in [-0.4, -0.2) is 11.1 Å². The zero-order valence-electron chi connectivity index (χ0n) is 15.0. The van der Waals surface area contributed by atoms with E-state index < -0.39 is 0 Å². The van der Waals surface area contributed by atoms with Crippen LogP contribution in [0.5, 0.6) is 0 Å². The van der Waals surface area contributed by atoms with E-state index >= 15 is 0 Å². The van der Waals surface area contributed by atoms with Crippen LogP contribution < -0.4 is 5.32 Å². The van der Waals surface area contributed by atoms with Crippen molar-refractivity contribution < 1.29 is 9.21 Å². The Labute approximate surface area is 186 Å². The van der Waals surface area contributed by atoms with Crippen LogP contribution in [0.3, 0.4) is 0 Å². The Balaban J connectivity index is 1.57. The highest BCUT2D eigenvalue weighted by Gasteiger charge is 2.24. The quantitative estimate of drug-likeness (QED) is 0.421. The lowest BCUT2D eigenvalue weighted by atomic mass is 10.2. The number of halogens is 3. The van der Waals surface area contributed by atoms with E-state index in [1.165, 1.54) is 11.8 Å². The standard InChI is InChI=1S/C21H13Cl3N2O2S/c1-11-2-4-13(9-17(11)24)25-21-26-20(27)19(29-21)10-14-5-7-18(28-14)15-8-12(22)3-6-16(15)23/h2-10H,1H3,(H,25,26,27)/b19-10-. The summed E-state index contributed by atoms with van der Waals surface area (Å²) < 4.78 is 5.83. The van der Waals surface area contributed by atoms with E-state index in [0.29, 0.717) is 47.9 Å². The van der Waals surface area contributed by atoms with Crippen molar-refractivity contribution >= 4 is 69.4 Å². The van der Waals surface area contributed by atoms with Crippen molar-refractivity contribution in [1.29, 1.82) is 0 Å². The molecule has 1 fully saturated rings. The molecule has 146 valence electrons. The average Bonchev–Trinajstić information content (AvgIpc) is 3.27. The van der Waals surface area contributed by atoms with E-state index in [0.717, 1.165) is 5.56 Å². The zero-order chi connectivity index (χ0) is 20.5. The topological polar surface area (TPSA) is 54.6 Å². The maximum Gasteiger partial charge on any atom is 0.264 e. The molecule has 1 N–H and O–H groups in total. The number of benzene rings is 2. The number of thioether (sulfide) groups is 1. The average molecular weight is 464 g/mol. The first kappa shape index (κ1) is 20.1. The largest absolute Gasteiger partial charge is 0.457 e. The molecule has 1 amide bonds. The van der Waals surface area contributed by atoms with Gasteiger partial charge in [-0.3, -0.25) is 4.79 Å². The van der Waals surface area contributed by atoms with Crippen LogP contribution in [0.2, 0.25) is 15.1 Å². The van der Waals surface area contributed by atoms with Crippen LogP contribution in [0.15, 0.2) is 62.8 Å². The van der Waals surface area contributed by atoms with Crippen LogP contribution in [0.4, 0.5) is 5.69 Å². The van der Waals surface area contributed by atoms with E-state index in [4.69, 9.17) is 39.2 Å². The highest BCUT2D eigenvalue weighted by atomic mass is 35.5. The smallest absolute Gasteiger partial charge is 0.264 e. The molecule has 3 aromatic rings. The molecule has 0 spiro atoms. The van der Waals surface area contributed by atoms with Crippen molar-refractivity contribution in [1.82, 2.24) is 5.32 Å². The molecule has 1 aromatic heterocycles. The van der Waals surface area contributed by atoms with Crippen molar-refractivity contribution in [3.63, 3.8) is 0 Å². The number of aliphatic imine (C=N–C) groups is 1. The number of carbonyl (C=O) groups excluding carboxylic acids is 1. The van der Waals surface area contributed by atoms with E-state index in [1.54, 1.807) is 42.5 Å². The van der Waals surface area contributed by atoms with Crippen molar-refractivity contribution in [2.45, 2.75) is 6.92 Å². The lowest BCUT2D eigenvalue weighted by molar-refractivity contribution is -0.115. The summed E-state index contributed by atoms with van der Waals surface area (Å²) in [7, 11) is 0. The molecule has 4 nitrogen and oxygen atoms in total. The molecule has 0 atom stereocenters. The van der Waals surface area contributed by atoms with Crippen LogP contribution >= 0.6 is 46.6 Å². The van der Waals surface area contributed by atoms with Crippen LogP contribution in [0.25, 0.3) is 17.4 Å². The van der Waals surface area contributed by atoms with E-state index in [-0.39, 0.29) is 5.91 Å². The third-order valence-electron chi connectivity index (χ3n) is 4.13. The first-order valence-electron chi connectivity index (χ1n) is 8.50. The number of amides is 1. The van der Waals surface area contributed by atoms with Gasteiger partial charge in [-0.15, -0.1) is 0 Å². The van der Waals surface area contributed by atoms with Gasteiger partial charge in [-0.25, -0.2) is 4.99 Å². The molecule has 0 bridgehead atoms. The van der Waals surface area contributed by atoms with Gasteiger partial charge in [-0.1, -0.05) is 40.9 Å². The molecule has 29 heavy (non-hydrogen) atoms. The second kappa shape index (κ2) is 8.28. The van der Waals surface area contributed by atoms with Gasteiger partial charge >= 0.3 is 0 Å². The van der Waals surface area contributed by atoms with Gasteiger partial charge in [0.2, 0.25) is 0 Å². The summed E-state index contributed by atoms with van der Waals surface area (Å²) >= 11 is 19.6. The second-order valence-electron chi connectivity index (χ2n) is 6.24. The molecule has 1 aliphatic rings. The van der Waals surface area contributed by atoms with Gasteiger partial charge in [0.15, 0.2) is 5.17 Å². The fourth-order valence-electron chi connectivity index (χ4n) is 2.64. The van der Waals surface area contributed by atoms with Crippen LogP contribution in [0, 0.1) is 6.92 Å². The van der Waals surface area contributed by atoms with E-state index in [9.17, 15) is 4.79 Å². The monoisotopic (exact) mass is 462 g/mol. The molecule has 1 saturated heterocycles. The lowest BCUT2D eigenvalue weighted by Crippen LogP contribution is -2.19. The molecule has 2 heterocycles. The molecule has 0 unspecified atom stereocenters. The summed E-state index contributed by atoms with van der Waals surface area (Å²) in [6, 6.07) is 14.2. The Hall–Kier alpha value is -2.18. The molecule has 1 aliphatic heterocycles. The third-order valence-corrected chi connectivity index (χ3v) is 6.01. The lowest BCUT2D eigenvalue weighted by Gasteiger charge is -2.01. The summed E-state index contributed by atoms with van der Waals surface area (Å²) in [4.78, 5) is 17.2. The van der Waals surface area contributed by atoms with Crippen molar-refractivity contribution in [3.05, 3.63) is 79.8 Å². The summed E-state index contributed by atoms with van der Waals surface area (Å²) in [6.45, 7) is 1.92. The molecule has 0 saturated carbocycles. The maximum atomic E-state index is 12.3. The number of amidine groups is 1. The van der Waals surface area contributed by atoms with Gasteiger partial charge in [0.25, 0.3) is 5.91 Å². The minimum atomic E-state index is -0.245. The van der Waals surface area contributed by atoms with Crippen molar-refractivity contribution in [2.24, 2.45) is 4.99 Å². The molecule has 0 aliphatic carbocycles.